The van der Waals surface area contributed by atoms with Crippen LogP contribution in [0, 0.1) is 0 Å². The Morgan fingerprint density at radius 1 is 1.31 bits per heavy atom. The molecule has 3 N–H and O–H groups in total. The lowest BCUT2D eigenvalue weighted by Crippen LogP contribution is -2.44. The average molecular weight is 381 g/mol. The first kappa shape index (κ1) is 18.8. The fourth-order valence-corrected chi connectivity index (χ4v) is 3.55. The van der Waals surface area contributed by atoms with E-state index in [0.717, 1.165) is 32.1 Å². The minimum atomic E-state index is -0.447. The number of hydrogen-bond donors (Lipinski definition) is 2. The number of halogens is 1. The van der Waals surface area contributed by atoms with Gasteiger partial charge in [-0.05, 0) is 32.1 Å². The van der Waals surface area contributed by atoms with Crippen LogP contribution in [0.1, 0.15) is 57.2 Å². The van der Waals surface area contributed by atoms with Gasteiger partial charge in [0.15, 0.2) is 5.82 Å². The van der Waals surface area contributed by atoms with Gasteiger partial charge in [0.1, 0.15) is 6.54 Å². The number of hydrogen-bond acceptors (Lipinski definition) is 6. The van der Waals surface area contributed by atoms with Crippen LogP contribution in [0.25, 0.3) is 11.5 Å². The molecule has 2 saturated carbocycles. The van der Waals surface area contributed by atoms with Gasteiger partial charge in [-0.1, -0.05) is 24.4 Å². The maximum Gasteiger partial charge on any atom is 0.261 e. The second-order valence-electron chi connectivity index (χ2n) is 7.26. The predicted molar refractivity (Wildman–Crippen MR) is 97.5 cm³/mol. The summed E-state index contributed by atoms with van der Waals surface area (Å²) in [5.74, 6) is 0.936. The Bertz CT molecular complexity index is 748. The summed E-state index contributed by atoms with van der Waals surface area (Å²) in [6, 6.07) is 0.304. The van der Waals surface area contributed by atoms with Crippen LogP contribution in [0.2, 0.25) is 0 Å². The molecule has 2 aromatic heterocycles. The van der Waals surface area contributed by atoms with Gasteiger partial charge < -0.3 is 15.6 Å². The summed E-state index contributed by atoms with van der Waals surface area (Å²) in [6.45, 7) is 0.193. The lowest BCUT2D eigenvalue weighted by atomic mass is 9.77. The van der Waals surface area contributed by atoms with E-state index in [-0.39, 0.29) is 24.9 Å². The Morgan fingerprint density at radius 3 is 2.77 bits per heavy atom. The fourth-order valence-electron chi connectivity index (χ4n) is 3.55. The quantitative estimate of drug-likeness (QED) is 0.821. The SMILES string of the molecule is Cl.NC1(c2noc(-c3cnn(CC(=O)NC4CCCCC4)c3)n2)CCC1. The number of nitrogens with two attached hydrogens (primary N) is 1. The molecule has 9 heteroatoms. The molecule has 2 aliphatic carbocycles. The number of carbonyl (C=O) groups is 1. The zero-order valence-electron chi connectivity index (χ0n) is 14.7. The highest BCUT2D eigenvalue weighted by Gasteiger charge is 2.39. The average Bonchev–Trinajstić information content (AvgIpc) is 3.22. The predicted octanol–water partition coefficient (Wildman–Crippen LogP) is 2.14. The number of aromatic nitrogens is 4. The molecule has 8 nitrogen and oxygen atoms in total. The summed E-state index contributed by atoms with van der Waals surface area (Å²) in [7, 11) is 0. The van der Waals surface area contributed by atoms with Gasteiger partial charge in [-0.3, -0.25) is 9.48 Å². The molecule has 1 amide bonds. The van der Waals surface area contributed by atoms with Crippen molar-refractivity contribution in [1.29, 1.82) is 0 Å². The van der Waals surface area contributed by atoms with Gasteiger partial charge in [0.25, 0.3) is 5.89 Å². The van der Waals surface area contributed by atoms with Crippen LogP contribution < -0.4 is 11.1 Å². The van der Waals surface area contributed by atoms with E-state index < -0.39 is 5.54 Å². The molecule has 0 spiro atoms. The number of nitrogens with one attached hydrogen (secondary N) is 1. The van der Waals surface area contributed by atoms with E-state index in [9.17, 15) is 4.79 Å². The van der Waals surface area contributed by atoms with Gasteiger partial charge in [-0.25, -0.2) is 0 Å². The standard InChI is InChI=1S/C17H24N6O2.ClH/c18-17(7-4-8-17)16-21-15(25-22-16)12-9-19-23(10-12)11-14(24)20-13-5-2-1-3-6-13;/h9-10,13H,1-8,11,18H2,(H,20,24);1H. The summed E-state index contributed by atoms with van der Waals surface area (Å²) >= 11 is 0. The summed E-state index contributed by atoms with van der Waals surface area (Å²) in [6.07, 6.45) is 12.0. The maximum absolute atomic E-state index is 12.2. The lowest BCUT2D eigenvalue weighted by Gasteiger charge is -2.34. The summed E-state index contributed by atoms with van der Waals surface area (Å²) < 4.78 is 6.91. The highest BCUT2D eigenvalue weighted by molar-refractivity contribution is 5.85. The molecular formula is C17H25ClN6O2. The van der Waals surface area contributed by atoms with E-state index in [4.69, 9.17) is 10.3 Å². The zero-order chi connectivity index (χ0) is 17.3. The van der Waals surface area contributed by atoms with E-state index in [2.05, 4.69) is 20.6 Å². The minimum absolute atomic E-state index is 0. The molecular weight excluding hydrogens is 356 g/mol. The van der Waals surface area contributed by atoms with E-state index >= 15 is 0 Å². The van der Waals surface area contributed by atoms with Crippen molar-refractivity contribution in [2.45, 2.75) is 69.5 Å². The fraction of sp³-hybridized carbons (Fsp3) is 0.647. The van der Waals surface area contributed by atoms with Gasteiger partial charge >= 0.3 is 0 Å². The second kappa shape index (κ2) is 7.75. The third kappa shape index (κ3) is 3.91. The van der Waals surface area contributed by atoms with Crippen LogP contribution in [0.4, 0.5) is 0 Å². The van der Waals surface area contributed by atoms with Gasteiger partial charge in [-0.2, -0.15) is 10.1 Å². The van der Waals surface area contributed by atoms with Crippen molar-refractivity contribution in [3.8, 4) is 11.5 Å². The molecule has 4 rings (SSSR count). The van der Waals surface area contributed by atoms with Crippen LogP contribution in [-0.2, 0) is 16.9 Å². The van der Waals surface area contributed by atoms with Crippen LogP contribution in [0.15, 0.2) is 16.9 Å². The molecule has 142 valence electrons. The summed E-state index contributed by atoms with van der Waals surface area (Å²) in [5, 5.41) is 11.3. The van der Waals surface area contributed by atoms with E-state index in [1.165, 1.54) is 19.3 Å². The van der Waals surface area contributed by atoms with E-state index in [1.807, 2.05) is 0 Å². The van der Waals surface area contributed by atoms with Gasteiger partial charge in [-0.15, -0.1) is 12.4 Å². The summed E-state index contributed by atoms with van der Waals surface area (Å²) in [5.41, 5.74) is 6.47. The van der Waals surface area contributed by atoms with Crippen molar-refractivity contribution in [3.05, 3.63) is 18.2 Å². The Morgan fingerprint density at radius 2 is 2.08 bits per heavy atom. The van der Waals surface area contributed by atoms with Gasteiger partial charge in [0, 0.05) is 12.2 Å². The monoisotopic (exact) mass is 380 g/mol. The molecule has 2 aliphatic rings. The summed E-state index contributed by atoms with van der Waals surface area (Å²) in [4.78, 5) is 16.6. The van der Waals surface area contributed by atoms with E-state index in [1.54, 1.807) is 17.1 Å². The topological polar surface area (TPSA) is 112 Å². The van der Waals surface area contributed by atoms with Crippen molar-refractivity contribution in [2.75, 3.05) is 0 Å². The largest absolute Gasteiger partial charge is 0.352 e. The Hall–Kier alpha value is -1.93. The zero-order valence-corrected chi connectivity index (χ0v) is 15.5. The van der Waals surface area contributed by atoms with Crippen molar-refractivity contribution in [2.24, 2.45) is 5.73 Å². The van der Waals surface area contributed by atoms with Crippen molar-refractivity contribution in [3.63, 3.8) is 0 Å². The smallest absolute Gasteiger partial charge is 0.261 e. The second-order valence-corrected chi connectivity index (χ2v) is 7.26. The molecule has 0 aromatic carbocycles. The molecule has 0 radical (unpaired) electrons. The molecule has 0 atom stereocenters. The molecule has 2 aromatic rings. The van der Waals surface area contributed by atoms with Crippen LogP contribution in [0.3, 0.4) is 0 Å². The van der Waals surface area contributed by atoms with Crippen molar-refractivity contribution < 1.29 is 9.32 Å². The highest BCUT2D eigenvalue weighted by atomic mass is 35.5. The third-order valence-corrected chi connectivity index (χ3v) is 5.27. The molecule has 2 heterocycles. The normalized spacial score (nSPS) is 19.4. The first-order chi connectivity index (χ1) is 12.1. The number of rotatable bonds is 5. The Balaban J connectivity index is 0.00000196. The van der Waals surface area contributed by atoms with Crippen LogP contribution in [-0.4, -0.2) is 31.9 Å². The van der Waals surface area contributed by atoms with Gasteiger partial charge in [0.05, 0.1) is 17.3 Å². The molecule has 0 aliphatic heterocycles. The number of nitrogens with zero attached hydrogens (tertiary/aromatic N) is 4. The van der Waals surface area contributed by atoms with Crippen LogP contribution in [0.5, 0.6) is 0 Å². The Kier molecular flexibility index (Phi) is 5.62. The number of amides is 1. The third-order valence-electron chi connectivity index (χ3n) is 5.27. The first-order valence-corrected chi connectivity index (χ1v) is 9.08. The maximum atomic E-state index is 12.2. The minimum Gasteiger partial charge on any atom is -0.352 e. The van der Waals surface area contributed by atoms with Crippen molar-refractivity contribution >= 4 is 18.3 Å². The molecule has 26 heavy (non-hydrogen) atoms. The first-order valence-electron chi connectivity index (χ1n) is 9.08. The highest BCUT2D eigenvalue weighted by Crippen LogP contribution is 2.37. The van der Waals surface area contributed by atoms with Crippen LogP contribution >= 0.6 is 12.4 Å². The van der Waals surface area contributed by atoms with E-state index in [0.29, 0.717) is 23.3 Å². The van der Waals surface area contributed by atoms with Gasteiger partial charge in [0.2, 0.25) is 5.91 Å². The molecule has 0 bridgehead atoms. The molecule has 0 unspecified atom stereocenters. The molecule has 0 saturated heterocycles. The number of carbonyl (C=O) groups excluding carboxylic acids is 1. The van der Waals surface area contributed by atoms with Crippen molar-refractivity contribution in [1.82, 2.24) is 25.2 Å². The molecule has 2 fully saturated rings. The Labute approximate surface area is 158 Å². The lowest BCUT2D eigenvalue weighted by molar-refractivity contribution is -0.122.